The highest BCUT2D eigenvalue weighted by molar-refractivity contribution is 5.82. The molecular formula is C24H22N6O. The van der Waals surface area contributed by atoms with Gasteiger partial charge < -0.3 is 9.64 Å². The van der Waals surface area contributed by atoms with E-state index in [9.17, 15) is 5.26 Å². The standard InChI is InChI=1S/C24H22N6O/c1-29-15-18(12-27-29)24-13-26-22-6-5-19(10-23(22)28-24)30(14-16-3-4-16)20-7-17(11-25)8-21(9-20)31-2/h5-10,12-13,15-16H,3-4,14H2,1-2H3. The molecule has 2 heterocycles. The molecule has 0 atom stereocenters. The molecule has 0 amide bonds. The Morgan fingerprint density at radius 3 is 2.71 bits per heavy atom. The van der Waals surface area contributed by atoms with E-state index in [0.717, 1.165) is 40.2 Å². The SMILES string of the molecule is COc1cc(C#N)cc(N(CC2CC2)c2ccc3ncc(-c4cnn(C)c4)nc3c2)c1. The van der Waals surface area contributed by atoms with Crippen molar-refractivity contribution in [2.75, 3.05) is 18.6 Å². The summed E-state index contributed by atoms with van der Waals surface area (Å²) in [5.74, 6) is 1.33. The highest BCUT2D eigenvalue weighted by Crippen LogP contribution is 2.37. The Morgan fingerprint density at radius 1 is 1.13 bits per heavy atom. The molecule has 1 fully saturated rings. The number of rotatable bonds is 6. The van der Waals surface area contributed by atoms with Gasteiger partial charge in [0.1, 0.15) is 5.75 Å². The Bertz CT molecular complexity index is 1300. The van der Waals surface area contributed by atoms with Crippen molar-refractivity contribution in [3.05, 3.63) is 60.6 Å². The minimum atomic E-state index is 0.578. The lowest BCUT2D eigenvalue weighted by molar-refractivity contribution is 0.414. The van der Waals surface area contributed by atoms with Crippen LogP contribution in [0.5, 0.6) is 5.75 Å². The quantitative estimate of drug-likeness (QED) is 0.467. The van der Waals surface area contributed by atoms with Crippen LogP contribution in [0, 0.1) is 17.2 Å². The molecule has 2 aromatic carbocycles. The number of benzene rings is 2. The number of anilines is 2. The number of aryl methyl sites for hydroxylation is 1. The van der Waals surface area contributed by atoms with Crippen molar-refractivity contribution in [2.45, 2.75) is 12.8 Å². The second-order valence-electron chi connectivity index (χ2n) is 7.92. The Labute approximate surface area is 180 Å². The number of nitrogens with zero attached hydrogens (tertiary/aromatic N) is 6. The van der Waals surface area contributed by atoms with E-state index in [1.165, 1.54) is 12.8 Å². The van der Waals surface area contributed by atoms with Gasteiger partial charge in [-0.1, -0.05) is 0 Å². The molecule has 4 aromatic rings. The average Bonchev–Trinajstić information content (AvgIpc) is 3.53. The minimum Gasteiger partial charge on any atom is -0.497 e. The van der Waals surface area contributed by atoms with Crippen molar-refractivity contribution >= 4 is 22.4 Å². The first-order chi connectivity index (χ1) is 15.1. The molecule has 0 aliphatic heterocycles. The Kier molecular flexibility index (Phi) is 4.75. The Balaban J connectivity index is 1.59. The van der Waals surface area contributed by atoms with E-state index >= 15 is 0 Å². The predicted molar refractivity (Wildman–Crippen MR) is 119 cm³/mol. The lowest BCUT2D eigenvalue weighted by atomic mass is 10.1. The maximum absolute atomic E-state index is 9.46. The van der Waals surface area contributed by atoms with E-state index in [-0.39, 0.29) is 0 Å². The topological polar surface area (TPSA) is 79.9 Å². The fourth-order valence-corrected chi connectivity index (χ4v) is 3.70. The van der Waals surface area contributed by atoms with Gasteiger partial charge in [0.05, 0.1) is 47.9 Å². The molecule has 1 aliphatic rings. The van der Waals surface area contributed by atoms with Crippen molar-refractivity contribution in [1.29, 1.82) is 5.26 Å². The van der Waals surface area contributed by atoms with Crippen molar-refractivity contribution in [3.8, 4) is 23.1 Å². The van der Waals surface area contributed by atoms with Crippen molar-refractivity contribution in [2.24, 2.45) is 13.0 Å². The van der Waals surface area contributed by atoms with Crippen LogP contribution in [0.2, 0.25) is 0 Å². The van der Waals surface area contributed by atoms with Crippen LogP contribution in [-0.2, 0) is 7.05 Å². The summed E-state index contributed by atoms with van der Waals surface area (Å²) in [5.41, 5.74) is 5.93. The number of methoxy groups -OCH3 is 1. The number of aromatic nitrogens is 4. The first-order valence-corrected chi connectivity index (χ1v) is 10.3. The number of fused-ring (bicyclic) bond motifs is 1. The van der Waals surface area contributed by atoms with Crippen molar-refractivity contribution in [3.63, 3.8) is 0 Å². The van der Waals surface area contributed by atoms with Crippen LogP contribution in [0.1, 0.15) is 18.4 Å². The van der Waals surface area contributed by atoms with E-state index < -0.39 is 0 Å². The van der Waals surface area contributed by atoms with E-state index in [2.05, 4.69) is 33.2 Å². The van der Waals surface area contributed by atoms with Crippen LogP contribution < -0.4 is 9.64 Å². The molecule has 154 valence electrons. The molecule has 5 rings (SSSR count). The third-order valence-corrected chi connectivity index (χ3v) is 5.54. The third-order valence-electron chi connectivity index (χ3n) is 5.54. The highest BCUT2D eigenvalue weighted by atomic mass is 16.5. The second kappa shape index (κ2) is 7.73. The van der Waals surface area contributed by atoms with E-state index in [0.29, 0.717) is 17.2 Å². The van der Waals surface area contributed by atoms with Crippen LogP contribution in [0.25, 0.3) is 22.3 Å². The molecule has 7 nitrogen and oxygen atoms in total. The monoisotopic (exact) mass is 410 g/mol. The fourth-order valence-electron chi connectivity index (χ4n) is 3.70. The van der Waals surface area contributed by atoms with Crippen LogP contribution in [0.15, 0.2) is 55.0 Å². The Hall–Kier alpha value is -3.92. The first kappa shape index (κ1) is 19.1. The smallest absolute Gasteiger partial charge is 0.122 e. The summed E-state index contributed by atoms with van der Waals surface area (Å²) in [6.07, 6.45) is 7.95. The lowest BCUT2D eigenvalue weighted by Crippen LogP contribution is -2.20. The molecule has 0 bridgehead atoms. The zero-order valence-corrected chi connectivity index (χ0v) is 17.5. The first-order valence-electron chi connectivity index (χ1n) is 10.3. The summed E-state index contributed by atoms with van der Waals surface area (Å²) >= 11 is 0. The largest absolute Gasteiger partial charge is 0.497 e. The van der Waals surface area contributed by atoms with E-state index in [1.807, 2.05) is 31.4 Å². The zero-order chi connectivity index (χ0) is 21.4. The summed E-state index contributed by atoms with van der Waals surface area (Å²) < 4.78 is 7.19. The maximum atomic E-state index is 9.46. The van der Waals surface area contributed by atoms with Crippen molar-refractivity contribution < 1.29 is 4.74 Å². The molecule has 1 aliphatic carbocycles. The van der Waals surface area contributed by atoms with Gasteiger partial charge >= 0.3 is 0 Å². The van der Waals surface area contributed by atoms with Gasteiger partial charge in [-0.2, -0.15) is 10.4 Å². The number of hydrogen-bond acceptors (Lipinski definition) is 6. The summed E-state index contributed by atoms with van der Waals surface area (Å²) in [7, 11) is 3.51. The lowest BCUT2D eigenvalue weighted by Gasteiger charge is -2.26. The Morgan fingerprint density at radius 2 is 2.00 bits per heavy atom. The van der Waals surface area contributed by atoms with Gasteiger partial charge in [-0.05, 0) is 49.1 Å². The van der Waals surface area contributed by atoms with Gasteiger partial charge in [0.25, 0.3) is 0 Å². The van der Waals surface area contributed by atoms with E-state index in [4.69, 9.17) is 9.72 Å². The van der Waals surface area contributed by atoms with Gasteiger partial charge in [-0.15, -0.1) is 0 Å². The second-order valence-corrected chi connectivity index (χ2v) is 7.92. The van der Waals surface area contributed by atoms with Gasteiger partial charge in [0.2, 0.25) is 0 Å². The van der Waals surface area contributed by atoms with E-state index in [1.54, 1.807) is 30.3 Å². The van der Waals surface area contributed by atoms with Crippen LogP contribution in [-0.4, -0.2) is 33.4 Å². The number of nitriles is 1. The molecule has 7 heteroatoms. The van der Waals surface area contributed by atoms with Gasteiger partial charge in [-0.25, -0.2) is 4.98 Å². The zero-order valence-electron chi connectivity index (χ0n) is 17.5. The minimum absolute atomic E-state index is 0.578. The molecule has 2 aromatic heterocycles. The predicted octanol–water partition coefficient (Wildman–Crippen LogP) is 4.46. The van der Waals surface area contributed by atoms with Gasteiger partial charge in [0, 0.05) is 42.8 Å². The number of hydrogen-bond donors (Lipinski definition) is 0. The average molecular weight is 410 g/mol. The fraction of sp³-hybridized carbons (Fsp3) is 0.250. The molecule has 0 N–H and O–H groups in total. The third kappa shape index (κ3) is 3.92. The summed E-state index contributed by atoms with van der Waals surface area (Å²) in [6, 6.07) is 14.0. The maximum Gasteiger partial charge on any atom is 0.122 e. The summed E-state index contributed by atoms with van der Waals surface area (Å²) in [5, 5.41) is 13.7. The normalized spacial score (nSPS) is 13.2. The molecule has 0 unspecified atom stereocenters. The van der Waals surface area contributed by atoms with Crippen LogP contribution >= 0.6 is 0 Å². The summed E-state index contributed by atoms with van der Waals surface area (Å²) in [6.45, 7) is 0.888. The molecule has 0 spiro atoms. The molecular weight excluding hydrogens is 388 g/mol. The van der Waals surface area contributed by atoms with Crippen molar-refractivity contribution in [1.82, 2.24) is 19.7 Å². The van der Waals surface area contributed by atoms with Crippen LogP contribution in [0.4, 0.5) is 11.4 Å². The molecule has 0 saturated heterocycles. The summed E-state index contributed by atoms with van der Waals surface area (Å²) in [4.78, 5) is 11.7. The van der Waals surface area contributed by atoms with Crippen LogP contribution in [0.3, 0.4) is 0 Å². The van der Waals surface area contributed by atoms with Gasteiger partial charge in [-0.3, -0.25) is 9.67 Å². The van der Waals surface area contributed by atoms with Gasteiger partial charge in [0.15, 0.2) is 0 Å². The molecule has 0 radical (unpaired) electrons. The highest BCUT2D eigenvalue weighted by Gasteiger charge is 2.26. The number of ether oxygens (including phenoxy) is 1. The molecule has 31 heavy (non-hydrogen) atoms. The molecule has 1 saturated carbocycles.